The molecular weight excluding hydrogens is 186 g/mol. The molecule has 0 amide bonds. The van der Waals surface area contributed by atoms with E-state index in [9.17, 15) is 4.79 Å². The van der Waals surface area contributed by atoms with Gasteiger partial charge in [-0.1, -0.05) is 5.21 Å². The smallest absolute Gasteiger partial charge is 0.141 e. The van der Waals surface area contributed by atoms with Gasteiger partial charge >= 0.3 is 0 Å². The van der Waals surface area contributed by atoms with E-state index in [2.05, 4.69) is 10.3 Å². The Hall–Kier alpha value is -0.840. The van der Waals surface area contributed by atoms with E-state index in [0.717, 1.165) is 30.0 Å². The number of hydrogen-bond acceptors (Lipinski definition) is 4. The second-order valence-electron chi connectivity index (χ2n) is 2.72. The van der Waals surface area contributed by atoms with E-state index >= 15 is 0 Å². The molecule has 72 valence electrons. The quantitative estimate of drug-likeness (QED) is 0.407. The van der Waals surface area contributed by atoms with Gasteiger partial charge in [-0.25, -0.2) is 4.68 Å². The standard InChI is InChI=1S/C8H13N3OS/c1-7-8(13-2)9-10-11(7)5-3-4-6-12/h6H,3-5H2,1-2H3. The molecule has 0 bridgehead atoms. The largest absolute Gasteiger partial charge is 0.303 e. The third-order valence-electron chi connectivity index (χ3n) is 1.83. The Morgan fingerprint density at radius 3 is 2.92 bits per heavy atom. The van der Waals surface area contributed by atoms with Gasteiger partial charge in [-0.15, -0.1) is 16.9 Å². The molecule has 0 saturated carbocycles. The number of aldehydes is 1. The van der Waals surface area contributed by atoms with E-state index in [1.807, 2.05) is 17.9 Å². The number of thioether (sulfide) groups is 1. The molecule has 5 heteroatoms. The molecule has 1 aromatic heterocycles. The molecular formula is C8H13N3OS. The normalized spacial score (nSPS) is 10.3. The molecule has 1 rings (SSSR count). The van der Waals surface area contributed by atoms with Crippen molar-refractivity contribution in [3.8, 4) is 0 Å². The van der Waals surface area contributed by atoms with Crippen LogP contribution in [0.4, 0.5) is 0 Å². The van der Waals surface area contributed by atoms with Gasteiger partial charge in [0, 0.05) is 13.0 Å². The van der Waals surface area contributed by atoms with Crippen LogP contribution in [-0.4, -0.2) is 27.5 Å². The molecule has 1 aromatic rings. The number of aromatic nitrogens is 3. The Morgan fingerprint density at radius 1 is 1.62 bits per heavy atom. The first kappa shape index (κ1) is 10.2. The number of rotatable bonds is 5. The van der Waals surface area contributed by atoms with Crippen LogP contribution in [-0.2, 0) is 11.3 Å². The van der Waals surface area contributed by atoms with Gasteiger partial charge < -0.3 is 4.79 Å². The summed E-state index contributed by atoms with van der Waals surface area (Å²) in [5, 5.41) is 8.95. The summed E-state index contributed by atoms with van der Waals surface area (Å²) in [6.07, 6.45) is 4.34. The van der Waals surface area contributed by atoms with Gasteiger partial charge in [0.15, 0.2) is 0 Å². The third kappa shape index (κ3) is 2.55. The first-order valence-corrected chi connectivity index (χ1v) is 5.39. The van der Waals surface area contributed by atoms with Gasteiger partial charge in [0.05, 0.1) is 5.69 Å². The summed E-state index contributed by atoms with van der Waals surface area (Å²) >= 11 is 1.59. The minimum Gasteiger partial charge on any atom is -0.303 e. The summed E-state index contributed by atoms with van der Waals surface area (Å²) < 4.78 is 1.84. The van der Waals surface area contributed by atoms with Crippen LogP contribution in [0.25, 0.3) is 0 Å². The maximum atomic E-state index is 10.1. The highest BCUT2D eigenvalue weighted by molar-refractivity contribution is 7.98. The van der Waals surface area contributed by atoms with Gasteiger partial charge in [0.25, 0.3) is 0 Å². The summed E-state index contributed by atoms with van der Waals surface area (Å²) in [7, 11) is 0. The minimum atomic E-state index is 0.591. The van der Waals surface area contributed by atoms with E-state index in [1.54, 1.807) is 11.8 Å². The molecule has 0 saturated heterocycles. The summed E-state index contributed by atoms with van der Waals surface area (Å²) in [5.74, 6) is 0. The SMILES string of the molecule is CSc1nnn(CCCC=O)c1C. The fraction of sp³-hybridized carbons (Fsp3) is 0.625. The van der Waals surface area contributed by atoms with Gasteiger partial charge in [-0.2, -0.15) is 0 Å². The van der Waals surface area contributed by atoms with E-state index < -0.39 is 0 Å². The van der Waals surface area contributed by atoms with Crippen molar-refractivity contribution in [3.63, 3.8) is 0 Å². The molecule has 0 aliphatic carbocycles. The molecule has 0 N–H and O–H groups in total. The lowest BCUT2D eigenvalue weighted by molar-refractivity contribution is -0.107. The molecule has 0 aliphatic heterocycles. The van der Waals surface area contributed by atoms with Gasteiger partial charge in [-0.3, -0.25) is 0 Å². The Kier molecular flexibility index (Phi) is 3.95. The number of carbonyl (C=O) groups excluding carboxylic acids is 1. The lowest BCUT2D eigenvalue weighted by Crippen LogP contribution is -2.02. The molecule has 13 heavy (non-hydrogen) atoms. The Morgan fingerprint density at radius 2 is 2.38 bits per heavy atom. The van der Waals surface area contributed by atoms with Crippen LogP contribution in [0, 0.1) is 6.92 Å². The zero-order valence-corrected chi connectivity index (χ0v) is 8.67. The van der Waals surface area contributed by atoms with Crippen molar-refractivity contribution in [3.05, 3.63) is 5.69 Å². The van der Waals surface area contributed by atoms with Crippen molar-refractivity contribution in [1.29, 1.82) is 0 Å². The summed E-state index contributed by atoms with van der Waals surface area (Å²) in [6.45, 7) is 2.77. The summed E-state index contributed by atoms with van der Waals surface area (Å²) in [5.41, 5.74) is 1.08. The Balaban J connectivity index is 2.56. The molecule has 0 aromatic carbocycles. The van der Waals surface area contributed by atoms with Crippen LogP contribution in [0.2, 0.25) is 0 Å². The predicted molar refractivity (Wildman–Crippen MR) is 51.8 cm³/mol. The van der Waals surface area contributed by atoms with Gasteiger partial charge in [0.1, 0.15) is 11.3 Å². The summed E-state index contributed by atoms with van der Waals surface area (Å²) in [4.78, 5) is 10.1. The Bertz CT molecular complexity index is 285. The molecule has 0 radical (unpaired) electrons. The lowest BCUT2D eigenvalue weighted by Gasteiger charge is -2.00. The van der Waals surface area contributed by atoms with E-state index in [4.69, 9.17) is 0 Å². The minimum absolute atomic E-state index is 0.591. The first-order chi connectivity index (χ1) is 6.29. The fourth-order valence-electron chi connectivity index (χ4n) is 1.07. The van der Waals surface area contributed by atoms with Crippen molar-refractivity contribution in [2.75, 3.05) is 6.26 Å². The topological polar surface area (TPSA) is 47.8 Å². The Labute approximate surface area is 81.7 Å². The molecule has 4 nitrogen and oxygen atoms in total. The van der Waals surface area contributed by atoms with Crippen molar-refractivity contribution in [1.82, 2.24) is 15.0 Å². The van der Waals surface area contributed by atoms with Crippen LogP contribution in [0.1, 0.15) is 18.5 Å². The maximum Gasteiger partial charge on any atom is 0.141 e. The molecule has 0 aliphatic rings. The van der Waals surface area contributed by atoms with Crippen LogP contribution in [0.3, 0.4) is 0 Å². The number of hydrogen-bond donors (Lipinski definition) is 0. The number of aryl methyl sites for hydroxylation is 1. The van der Waals surface area contributed by atoms with Crippen molar-refractivity contribution in [2.45, 2.75) is 31.3 Å². The van der Waals surface area contributed by atoms with Gasteiger partial charge in [-0.05, 0) is 19.6 Å². The third-order valence-corrected chi connectivity index (χ3v) is 2.59. The molecule has 0 unspecified atom stereocenters. The van der Waals surface area contributed by atoms with E-state index in [0.29, 0.717) is 6.42 Å². The monoisotopic (exact) mass is 199 g/mol. The van der Waals surface area contributed by atoms with Crippen LogP contribution < -0.4 is 0 Å². The molecule has 0 fully saturated rings. The van der Waals surface area contributed by atoms with Gasteiger partial charge in [0.2, 0.25) is 0 Å². The van der Waals surface area contributed by atoms with E-state index in [-0.39, 0.29) is 0 Å². The van der Waals surface area contributed by atoms with Crippen LogP contribution >= 0.6 is 11.8 Å². The highest BCUT2D eigenvalue weighted by atomic mass is 32.2. The second kappa shape index (κ2) is 5.01. The van der Waals surface area contributed by atoms with E-state index in [1.165, 1.54) is 0 Å². The zero-order valence-electron chi connectivity index (χ0n) is 7.86. The summed E-state index contributed by atoms with van der Waals surface area (Å²) in [6, 6.07) is 0. The zero-order chi connectivity index (χ0) is 9.68. The first-order valence-electron chi connectivity index (χ1n) is 4.17. The number of carbonyl (C=O) groups is 1. The average Bonchev–Trinajstić information content (AvgIpc) is 2.48. The fourth-order valence-corrected chi connectivity index (χ4v) is 1.59. The van der Waals surface area contributed by atoms with Crippen molar-refractivity contribution in [2.24, 2.45) is 0 Å². The van der Waals surface area contributed by atoms with Crippen molar-refractivity contribution < 1.29 is 4.79 Å². The lowest BCUT2D eigenvalue weighted by atomic mass is 10.3. The number of nitrogens with zero attached hydrogens (tertiary/aromatic N) is 3. The molecule has 0 spiro atoms. The maximum absolute atomic E-state index is 10.1. The average molecular weight is 199 g/mol. The van der Waals surface area contributed by atoms with Crippen LogP contribution in [0.15, 0.2) is 5.03 Å². The molecule has 1 heterocycles. The second-order valence-corrected chi connectivity index (χ2v) is 3.51. The molecule has 0 atom stereocenters. The van der Waals surface area contributed by atoms with Crippen LogP contribution in [0.5, 0.6) is 0 Å². The van der Waals surface area contributed by atoms with Crippen molar-refractivity contribution >= 4 is 18.0 Å². The number of unbranched alkanes of at least 4 members (excludes halogenated alkanes) is 1. The highest BCUT2D eigenvalue weighted by Gasteiger charge is 2.05. The predicted octanol–water partition coefficient (Wildman–Crippen LogP) is 1.29. The highest BCUT2D eigenvalue weighted by Crippen LogP contribution is 2.15.